The fraction of sp³-hybridized carbons (Fsp3) is 0.400. The summed E-state index contributed by atoms with van der Waals surface area (Å²) in [5.74, 6) is -0.768. The zero-order chi connectivity index (χ0) is 23.9. The molecule has 33 heavy (non-hydrogen) atoms. The molecule has 2 amide bonds. The van der Waals surface area contributed by atoms with E-state index in [1.165, 1.54) is 7.11 Å². The number of esters is 1. The van der Waals surface area contributed by atoms with Gasteiger partial charge in [0.15, 0.2) is 0 Å². The molecule has 2 aromatic rings. The van der Waals surface area contributed by atoms with Crippen LogP contribution in [0.15, 0.2) is 54.6 Å². The molecular weight excluding hydrogens is 422 g/mol. The van der Waals surface area contributed by atoms with Crippen LogP contribution in [0, 0.1) is 0 Å². The number of amides is 2. The lowest BCUT2D eigenvalue weighted by molar-refractivity contribution is -0.143. The van der Waals surface area contributed by atoms with Crippen LogP contribution in [0.2, 0.25) is 0 Å². The van der Waals surface area contributed by atoms with Crippen molar-refractivity contribution in [1.82, 2.24) is 10.8 Å². The van der Waals surface area contributed by atoms with Crippen LogP contribution in [0.1, 0.15) is 55.7 Å². The van der Waals surface area contributed by atoms with E-state index in [9.17, 15) is 14.4 Å². The molecule has 0 heterocycles. The van der Waals surface area contributed by atoms with E-state index in [1.54, 1.807) is 5.48 Å². The number of anilines is 1. The first kappa shape index (κ1) is 26.0. The minimum atomic E-state index is -0.530. The number of hydrogen-bond acceptors (Lipinski definition) is 6. The van der Waals surface area contributed by atoms with E-state index in [2.05, 4.69) is 10.6 Å². The summed E-state index contributed by atoms with van der Waals surface area (Å²) < 4.78 is 4.93. The Hall–Kier alpha value is -3.23. The molecule has 2 aromatic carbocycles. The lowest BCUT2D eigenvalue weighted by Crippen LogP contribution is -2.31. The second kappa shape index (κ2) is 14.8. The molecule has 2 rings (SSSR count). The van der Waals surface area contributed by atoms with Gasteiger partial charge in [-0.05, 0) is 42.5 Å². The smallest absolute Gasteiger partial charge is 0.327 e. The standard InChI is InChI=1S/C25H33N3O5/c1-33-25(31)24(20-11-5-4-6-12-20)26-17-16-19-10-9-13-21(18-19)27-22(29)14-7-2-3-8-15-23(30)28-32/h4-6,9-13,18,24,26,32H,2-3,7-8,14-17H2,1H3,(H,27,29)(H,28,30)/t24-/m0/s1. The van der Waals surface area contributed by atoms with E-state index >= 15 is 0 Å². The summed E-state index contributed by atoms with van der Waals surface area (Å²) in [6, 6.07) is 16.6. The molecule has 4 N–H and O–H groups in total. The van der Waals surface area contributed by atoms with Crippen molar-refractivity contribution in [2.75, 3.05) is 19.0 Å². The SMILES string of the molecule is COC(=O)[C@@H](NCCc1cccc(NC(=O)CCCCCCC(=O)NO)c1)c1ccccc1. The third kappa shape index (κ3) is 9.84. The van der Waals surface area contributed by atoms with Gasteiger partial charge in [0.05, 0.1) is 7.11 Å². The summed E-state index contributed by atoms with van der Waals surface area (Å²) >= 11 is 0. The van der Waals surface area contributed by atoms with Gasteiger partial charge in [-0.25, -0.2) is 10.3 Å². The van der Waals surface area contributed by atoms with Crippen LogP contribution in [0.25, 0.3) is 0 Å². The fourth-order valence-electron chi connectivity index (χ4n) is 3.47. The van der Waals surface area contributed by atoms with Crippen molar-refractivity contribution >= 4 is 23.5 Å². The molecule has 0 bridgehead atoms. The van der Waals surface area contributed by atoms with Gasteiger partial charge in [0.2, 0.25) is 11.8 Å². The Kier molecular flexibility index (Phi) is 11.6. The van der Waals surface area contributed by atoms with Crippen LogP contribution in [0.4, 0.5) is 5.69 Å². The van der Waals surface area contributed by atoms with Gasteiger partial charge >= 0.3 is 5.97 Å². The highest BCUT2D eigenvalue weighted by Crippen LogP contribution is 2.16. The second-order valence-corrected chi connectivity index (χ2v) is 7.77. The lowest BCUT2D eigenvalue weighted by atomic mass is 10.1. The predicted molar refractivity (Wildman–Crippen MR) is 126 cm³/mol. The van der Waals surface area contributed by atoms with Crippen molar-refractivity contribution < 1.29 is 24.3 Å². The normalized spacial score (nSPS) is 11.5. The summed E-state index contributed by atoms with van der Waals surface area (Å²) in [6.07, 6.45) is 4.49. The highest BCUT2D eigenvalue weighted by molar-refractivity contribution is 5.90. The molecule has 1 atom stereocenters. The Labute approximate surface area is 194 Å². The van der Waals surface area contributed by atoms with Gasteiger partial charge in [0, 0.05) is 25.1 Å². The van der Waals surface area contributed by atoms with E-state index in [0.29, 0.717) is 25.8 Å². The number of rotatable bonds is 14. The maximum atomic E-state index is 12.2. The van der Waals surface area contributed by atoms with Crippen molar-refractivity contribution in [3.05, 3.63) is 65.7 Å². The number of benzene rings is 2. The maximum Gasteiger partial charge on any atom is 0.327 e. The average Bonchev–Trinajstić information content (AvgIpc) is 2.84. The molecule has 0 aromatic heterocycles. The summed E-state index contributed by atoms with van der Waals surface area (Å²) in [7, 11) is 1.38. The quantitative estimate of drug-likeness (QED) is 0.150. The number of ether oxygens (including phenoxy) is 1. The van der Waals surface area contributed by atoms with E-state index < -0.39 is 6.04 Å². The van der Waals surface area contributed by atoms with Crippen molar-refractivity contribution in [1.29, 1.82) is 0 Å². The number of unbranched alkanes of at least 4 members (excludes halogenated alkanes) is 3. The Morgan fingerprint density at radius 1 is 0.909 bits per heavy atom. The highest BCUT2D eigenvalue weighted by atomic mass is 16.5. The van der Waals surface area contributed by atoms with Crippen molar-refractivity contribution in [2.24, 2.45) is 0 Å². The lowest BCUT2D eigenvalue weighted by Gasteiger charge is -2.17. The Bertz CT molecular complexity index is 889. The summed E-state index contributed by atoms with van der Waals surface area (Å²) in [5.41, 5.74) is 4.24. The predicted octanol–water partition coefficient (Wildman–Crippen LogP) is 3.52. The molecule has 0 aliphatic carbocycles. The Balaban J connectivity index is 1.75. The minimum absolute atomic E-state index is 0.0480. The first-order valence-electron chi connectivity index (χ1n) is 11.2. The van der Waals surface area contributed by atoms with E-state index in [1.807, 2.05) is 54.6 Å². The molecule has 0 saturated heterocycles. The molecule has 0 unspecified atom stereocenters. The minimum Gasteiger partial charge on any atom is -0.468 e. The molecule has 178 valence electrons. The van der Waals surface area contributed by atoms with Crippen LogP contribution in [0.5, 0.6) is 0 Å². The van der Waals surface area contributed by atoms with E-state index in [0.717, 1.165) is 36.1 Å². The second-order valence-electron chi connectivity index (χ2n) is 7.77. The van der Waals surface area contributed by atoms with Crippen molar-refractivity contribution in [3.63, 3.8) is 0 Å². The number of hydrogen-bond donors (Lipinski definition) is 4. The van der Waals surface area contributed by atoms with E-state index in [4.69, 9.17) is 9.94 Å². The van der Waals surface area contributed by atoms with Gasteiger partial charge in [0.25, 0.3) is 0 Å². The number of carbonyl (C=O) groups excluding carboxylic acids is 3. The number of carbonyl (C=O) groups is 3. The average molecular weight is 456 g/mol. The monoisotopic (exact) mass is 455 g/mol. The number of nitrogens with one attached hydrogen (secondary N) is 3. The summed E-state index contributed by atoms with van der Waals surface area (Å²) in [4.78, 5) is 35.3. The van der Waals surface area contributed by atoms with Crippen LogP contribution < -0.4 is 16.1 Å². The molecule has 0 fully saturated rings. The van der Waals surface area contributed by atoms with E-state index in [-0.39, 0.29) is 24.2 Å². The maximum absolute atomic E-state index is 12.2. The van der Waals surface area contributed by atoms with Gasteiger partial charge in [-0.2, -0.15) is 0 Å². The van der Waals surface area contributed by atoms with Crippen LogP contribution in [0.3, 0.4) is 0 Å². The summed E-state index contributed by atoms with van der Waals surface area (Å²) in [5, 5.41) is 14.6. The Morgan fingerprint density at radius 2 is 1.61 bits per heavy atom. The molecule has 0 aliphatic heterocycles. The molecule has 0 spiro atoms. The Morgan fingerprint density at radius 3 is 2.27 bits per heavy atom. The number of hydroxylamine groups is 1. The molecular formula is C25H33N3O5. The highest BCUT2D eigenvalue weighted by Gasteiger charge is 2.20. The topological polar surface area (TPSA) is 117 Å². The fourth-order valence-corrected chi connectivity index (χ4v) is 3.47. The molecule has 0 aliphatic rings. The van der Waals surface area contributed by atoms with Crippen LogP contribution in [-0.4, -0.2) is 36.6 Å². The number of methoxy groups -OCH3 is 1. The van der Waals surface area contributed by atoms with Gasteiger partial charge in [-0.3, -0.25) is 14.8 Å². The van der Waals surface area contributed by atoms with Gasteiger partial charge in [0.1, 0.15) is 6.04 Å². The van der Waals surface area contributed by atoms with Crippen LogP contribution in [-0.2, 0) is 25.5 Å². The largest absolute Gasteiger partial charge is 0.468 e. The molecule has 0 radical (unpaired) electrons. The third-order valence-electron chi connectivity index (χ3n) is 5.23. The van der Waals surface area contributed by atoms with Crippen molar-refractivity contribution in [3.8, 4) is 0 Å². The van der Waals surface area contributed by atoms with Crippen LogP contribution >= 0.6 is 0 Å². The van der Waals surface area contributed by atoms with Gasteiger partial charge < -0.3 is 15.4 Å². The van der Waals surface area contributed by atoms with Gasteiger partial charge in [-0.15, -0.1) is 0 Å². The molecule has 0 saturated carbocycles. The zero-order valence-corrected chi connectivity index (χ0v) is 19.0. The third-order valence-corrected chi connectivity index (χ3v) is 5.23. The first-order chi connectivity index (χ1) is 16.0. The van der Waals surface area contributed by atoms with Crippen molar-refractivity contribution in [2.45, 2.75) is 51.0 Å². The van der Waals surface area contributed by atoms with Gasteiger partial charge in [-0.1, -0.05) is 55.3 Å². The molecule has 8 nitrogen and oxygen atoms in total. The first-order valence-corrected chi connectivity index (χ1v) is 11.2. The summed E-state index contributed by atoms with van der Waals surface area (Å²) in [6.45, 7) is 0.570. The molecule has 8 heteroatoms. The zero-order valence-electron chi connectivity index (χ0n) is 19.0.